The van der Waals surface area contributed by atoms with Gasteiger partial charge in [-0.15, -0.1) is 10.2 Å². The topological polar surface area (TPSA) is 66.9 Å². The number of nitrogens with zero attached hydrogens (tertiary/aromatic N) is 2. The molecular weight excluding hydrogens is 260 g/mol. The third-order valence-corrected chi connectivity index (χ3v) is 4.41. The number of nitrogens with one attached hydrogen (secondary N) is 2. The van der Waals surface area contributed by atoms with Crippen LogP contribution in [0.15, 0.2) is 0 Å². The Hall–Kier alpha value is -1.01. The first-order chi connectivity index (χ1) is 9.05. The van der Waals surface area contributed by atoms with E-state index in [0.717, 1.165) is 37.2 Å². The maximum atomic E-state index is 12.4. The van der Waals surface area contributed by atoms with Crippen LogP contribution in [0, 0.1) is 5.92 Å². The Bertz CT molecular complexity index is 438. The van der Waals surface area contributed by atoms with Crippen LogP contribution in [0.25, 0.3) is 0 Å². The van der Waals surface area contributed by atoms with Gasteiger partial charge in [0.1, 0.15) is 5.01 Å². The summed E-state index contributed by atoms with van der Waals surface area (Å²) >= 11 is 1.48. The van der Waals surface area contributed by atoms with Crippen LogP contribution in [0.1, 0.15) is 45.0 Å². The van der Waals surface area contributed by atoms with E-state index in [2.05, 4.69) is 34.7 Å². The Balaban J connectivity index is 2.00. The zero-order chi connectivity index (χ0) is 13.9. The lowest BCUT2D eigenvalue weighted by Crippen LogP contribution is -2.50. The summed E-state index contributed by atoms with van der Waals surface area (Å²) in [6.07, 6.45) is 3.66. The van der Waals surface area contributed by atoms with Crippen LogP contribution in [0.2, 0.25) is 0 Å². The fourth-order valence-electron chi connectivity index (χ4n) is 2.41. The SMILES string of the molecule is CCC1(C(=O)Nc2nnc(CC(C)C)s2)CCCN1. The molecule has 0 saturated carbocycles. The molecule has 1 saturated heterocycles. The van der Waals surface area contributed by atoms with Gasteiger partial charge in [0.25, 0.3) is 0 Å². The molecule has 1 atom stereocenters. The number of rotatable bonds is 5. The molecule has 0 bridgehead atoms. The van der Waals surface area contributed by atoms with E-state index in [-0.39, 0.29) is 5.91 Å². The molecule has 1 amide bonds. The summed E-state index contributed by atoms with van der Waals surface area (Å²) in [7, 11) is 0. The van der Waals surface area contributed by atoms with Crippen LogP contribution >= 0.6 is 11.3 Å². The van der Waals surface area contributed by atoms with Crippen molar-refractivity contribution >= 4 is 22.4 Å². The third-order valence-electron chi connectivity index (χ3n) is 3.55. The maximum Gasteiger partial charge on any atom is 0.246 e. The summed E-state index contributed by atoms with van der Waals surface area (Å²) in [5.74, 6) is 0.578. The largest absolute Gasteiger partial charge is 0.303 e. The van der Waals surface area contributed by atoms with E-state index in [1.54, 1.807) is 0 Å². The Morgan fingerprint density at radius 2 is 2.32 bits per heavy atom. The van der Waals surface area contributed by atoms with Crippen molar-refractivity contribution in [1.29, 1.82) is 0 Å². The second-order valence-corrected chi connectivity index (χ2v) is 6.58. The molecule has 1 aromatic rings. The van der Waals surface area contributed by atoms with E-state index in [0.29, 0.717) is 11.0 Å². The minimum atomic E-state index is -0.413. The number of anilines is 1. The van der Waals surface area contributed by atoms with E-state index in [4.69, 9.17) is 0 Å². The molecule has 19 heavy (non-hydrogen) atoms. The van der Waals surface area contributed by atoms with Gasteiger partial charge in [-0.05, 0) is 31.7 Å². The normalized spacial score (nSPS) is 22.9. The van der Waals surface area contributed by atoms with Gasteiger partial charge < -0.3 is 5.32 Å². The Kier molecular flexibility index (Phi) is 4.52. The van der Waals surface area contributed by atoms with E-state index < -0.39 is 5.54 Å². The lowest BCUT2D eigenvalue weighted by molar-refractivity contribution is -0.122. The molecule has 1 aliphatic heterocycles. The smallest absolute Gasteiger partial charge is 0.246 e. The predicted molar refractivity (Wildman–Crippen MR) is 77.3 cm³/mol. The van der Waals surface area contributed by atoms with Crippen LogP contribution in [0.3, 0.4) is 0 Å². The van der Waals surface area contributed by atoms with Crippen molar-refractivity contribution < 1.29 is 4.79 Å². The minimum absolute atomic E-state index is 0.0275. The van der Waals surface area contributed by atoms with Crippen LogP contribution in [-0.2, 0) is 11.2 Å². The van der Waals surface area contributed by atoms with Crippen LogP contribution in [0.5, 0.6) is 0 Å². The molecule has 0 spiro atoms. The van der Waals surface area contributed by atoms with Gasteiger partial charge in [0, 0.05) is 6.42 Å². The van der Waals surface area contributed by atoms with E-state index in [1.807, 2.05) is 6.92 Å². The highest BCUT2D eigenvalue weighted by atomic mass is 32.1. The average Bonchev–Trinajstić information content (AvgIpc) is 2.98. The number of amides is 1. The summed E-state index contributed by atoms with van der Waals surface area (Å²) in [5, 5.41) is 16.0. The molecule has 2 rings (SSSR count). The highest BCUT2D eigenvalue weighted by Crippen LogP contribution is 2.26. The van der Waals surface area contributed by atoms with Gasteiger partial charge in [0.05, 0.1) is 5.54 Å². The predicted octanol–water partition coefficient (Wildman–Crippen LogP) is 2.21. The van der Waals surface area contributed by atoms with Crippen molar-refractivity contribution in [3.63, 3.8) is 0 Å². The molecule has 2 heterocycles. The molecular formula is C13H22N4OS. The summed E-state index contributed by atoms with van der Waals surface area (Å²) in [6, 6.07) is 0. The van der Waals surface area contributed by atoms with E-state index >= 15 is 0 Å². The number of carbonyl (C=O) groups is 1. The van der Waals surface area contributed by atoms with Crippen LogP contribution < -0.4 is 10.6 Å². The first-order valence-corrected chi connectivity index (χ1v) is 7.76. The second kappa shape index (κ2) is 5.96. The van der Waals surface area contributed by atoms with Crippen LogP contribution in [0.4, 0.5) is 5.13 Å². The molecule has 0 radical (unpaired) electrons. The van der Waals surface area contributed by atoms with Gasteiger partial charge in [-0.25, -0.2) is 0 Å². The standard InChI is InChI=1S/C13H22N4OS/c1-4-13(6-5-7-14-13)11(18)15-12-17-16-10(19-12)8-9(2)3/h9,14H,4-8H2,1-3H3,(H,15,17,18). The molecule has 6 heteroatoms. The monoisotopic (exact) mass is 282 g/mol. The van der Waals surface area contributed by atoms with Gasteiger partial charge in [0.15, 0.2) is 0 Å². The molecule has 1 aromatic heterocycles. The summed E-state index contributed by atoms with van der Waals surface area (Å²) in [6.45, 7) is 7.25. The molecule has 1 unspecified atom stereocenters. The van der Waals surface area contributed by atoms with E-state index in [9.17, 15) is 4.79 Å². The molecule has 5 nitrogen and oxygen atoms in total. The van der Waals surface area contributed by atoms with Gasteiger partial charge >= 0.3 is 0 Å². The fraction of sp³-hybridized carbons (Fsp3) is 0.769. The number of hydrogen-bond acceptors (Lipinski definition) is 5. The van der Waals surface area contributed by atoms with E-state index in [1.165, 1.54) is 11.3 Å². The number of hydrogen-bond donors (Lipinski definition) is 2. The van der Waals surface area contributed by atoms with Crippen molar-refractivity contribution in [1.82, 2.24) is 15.5 Å². The summed E-state index contributed by atoms with van der Waals surface area (Å²) in [5.41, 5.74) is -0.413. The third kappa shape index (κ3) is 3.30. The van der Waals surface area contributed by atoms with Crippen LogP contribution in [-0.4, -0.2) is 28.2 Å². The lowest BCUT2D eigenvalue weighted by Gasteiger charge is -2.25. The maximum absolute atomic E-state index is 12.4. The summed E-state index contributed by atoms with van der Waals surface area (Å²) in [4.78, 5) is 12.4. The number of aromatic nitrogens is 2. The second-order valence-electron chi connectivity index (χ2n) is 5.52. The summed E-state index contributed by atoms with van der Waals surface area (Å²) < 4.78 is 0. The molecule has 106 valence electrons. The molecule has 0 aliphatic carbocycles. The first kappa shape index (κ1) is 14.4. The van der Waals surface area contributed by atoms with Gasteiger partial charge in [0.2, 0.25) is 11.0 Å². The minimum Gasteiger partial charge on any atom is -0.303 e. The van der Waals surface area contributed by atoms with Gasteiger partial charge in [-0.1, -0.05) is 32.1 Å². The quantitative estimate of drug-likeness (QED) is 0.869. The van der Waals surface area contributed by atoms with Crippen molar-refractivity contribution in [3.05, 3.63) is 5.01 Å². The highest BCUT2D eigenvalue weighted by Gasteiger charge is 2.39. The Labute approximate surface area is 118 Å². The van der Waals surface area contributed by atoms with Crippen molar-refractivity contribution in [3.8, 4) is 0 Å². The molecule has 1 fully saturated rings. The molecule has 2 N–H and O–H groups in total. The fourth-order valence-corrected chi connectivity index (χ4v) is 3.36. The van der Waals surface area contributed by atoms with Gasteiger partial charge in [-0.3, -0.25) is 10.1 Å². The zero-order valence-electron chi connectivity index (χ0n) is 11.8. The molecule has 1 aliphatic rings. The average molecular weight is 282 g/mol. The molecule has 0 aromatic carbocycles. The Morgan fingerprint density at radius 1 is 1.53 bits per heavy atom. The highest BCUT2D eigenvalue weighted by molar-refractivity contribution is 7.15. The number of carbonyl (C=O) groups excluding carboxylic acids is 1. The zero-order valence-corrected chi connectivity index (χ0v) is 12.6. The lowest BCUT2D eigenvalue weighted by atomic mass is 9.93. The van der Waals surface area contributed by atoms with Crippen molar-refractivity contribution in [2.24, 2.45) is 5.92 Å². The van der Waals surface area contributed by atoms with Crippen molar-refractivity contribution in [2.75, 3.05) is 11.9 Å². The van der Waals surface area contributed by atoms with Crippen molar-refractivity contribution in [2.45, 2.75) is 52.0 Å². The first-order valence-electron chi connectivity index (χ1n) is 6.94. The Morgan fingerprint density at radius 3 is 2.89 bits per heavy atom. The van der Waals surface area contributed by atoms with Gasteiger partial charge in [-0.2, -0.15) is 0 Å².